The molecule has 0 radical (unpaired) electrons. The normalized spacial score (nSPS) is 13.6. The van der Waals surface area contributed by atoms with Crippen LogP contribution in [0.4, 0.5) is 0 Å². The van der Waals surface area contributed by atoms with E-state index in [0.717, 1.165) is 17.1 Å². The summed E-state index contributed by atoms with van der Waals surface area (Å²) in [5.41, 5.74) is 0. The minimum atomic E-state index is -3.43. The van der Waals surface area contributed by atoms with E-state index < -0.39 is 10.0 Å². The van der Waals surface area contributed by atoms with Gasteiger partial charge < -0.3 is 4.42 Å². The van der Waals surface area contributed by atoms with Crippen LogP contribution in [0.2, 0.25) is 0 Å². The van der Waals surface area contributed by atoms with Crippen LogP contribution in [0.3, 0.4) is 0 Å². The summed E-state index contributed by atoms with van der Waals surface area (Å²) in [5.74, 6) is 0.774. The van der Waals surface area contributed by atoms with Crippen LogP contribution in [0.15, 0.2) is 39.2 Å². The molecule has 0 saturated heterocycles. The van der Waals surface area contributed by atoms with Gasteiger partial charge in [0.05, 0.1) is 6.26 Å². The molecule has 0 fully saturated rings. The first-order valence-corrected chi connectivity index (χ1v) is 8.44. The summed E-state index contributed by atoms with van der Waals surface area (Å²) in [7, 11) is -3.43. The van der Waals surface area contributed by atoms with Crippen molar-refractivity contribution in [1.29, 1.82) is 0 Å². The summed E-state index contributed by atoms with van der Waals surface area (Å²) in [5, 5.41) is 0. The van der Waals surface area contributed by atoms with E-state index in [1.54, 1.807) is 18.4 Å². The minimum Gasteiger partial charge on any atom is -0.469 e. The zero-order valence-corrected chi connectivity index (χ0v) is 12.6. The lowest BCUT2D eigenvalue weighted by molar-refractivity contribution is 0.479. The zero-order chi connectivity index (χ0) is 13.9. The number of sulfonamides is 1. The van der Waals surface area contributed by atoms with Crippen molar-refractivity contribution in [2.24, 2.45) is 0 Å². The molecule has 19 heavy (non-hydrogen) atoms. The quantitative estimate of drug-likeness (QED) is 0.892. The molecule has 1 atom stereocenters. The Hall–Kier alpha value is -1.11. The number of aryl methyl sites for hydroxylation is 1. The summed E-state index contributed by atoms with van der Waals surface area (Å²) < 4.78 is 32.6. The Balaban J connectivity index is 2.04. The molecule has 2 aromatic heterocycles. The third kappa shape index (κ3) is 3.68. The van der Waals surface area contributed by atoms with E-state index >= 15 is 0 Å². The van der Waals surface area contributed by atoms with Crippen LogP contribution >= 0.6 is 11.3 Å². The molecule has 1 unspecified atom stereocenters. The third-order valence-electron chi connectivity index (χ3n) is 2.69. The first-order chi connectivity index (χ1) is 9.01. The van der Waals surface area contributed by atoms with Crippen molar-refractivity contribution in [3.63, 3.8) is 0 Å². The Kier molecular flexibility index (Phi) is 4.44. The Morgan fingerprint density at radius 2 is 2.16 bits per heavy atom. The van der Waals surface area contributed by atoms with Crippen LogP contribution in [-0.4, -0.2) is 14.5 Å². The smallest absolute Gasteiger partial charge is 0.250 e. The largest absolute Gasteiger partial charge is 0.469 e. The standard InChI is InChI=1S/C13H17NO3S2/c1-3-12-6-7-13(18-12)19(15,16)14-10(2)9-11-5-4-8-17-11/h4-8,10,14H,3,9H2,1-2H3. The van der Waals surface area contributed by atoms with Gasteiger partial charge in [-0.3, -0.25) is 0 Å². The molecule has 0 aliphatic rings. The molecular weight excluding hydrogens is 282 g/mol. The van der Waals surface area contributed by atoms with Gasteiger partial charge in [0.25, 0.3) is 0 Å². The van der Waals surface area contributed by atoms with Crippen molar-refractivity contribution in [2.75, 3.05) is 0 Å². The summed E-state index contributed by atoms with van der Waals surface area (Å²) in [4.78, 5) is 1.07. The fraction of sp³-hybridized carbons (Fsp3) is 0.385. The predicted molar refractivity (Wildman–Crippen MR) is 75.9 cm³/mol. The molecule has 0 saturated carbocycles. The second-order valence-electron chi connectivity index (χ2n) is 4.38. The van der Waals surface area contributed by atoms with Gasteiger partial charge in [-0.25, -0.2) is 13.1 Å². The summed E-state index contributed by atoms with van der Waals surface area (Å²) >= 11 is 1.32. The highest BCUT2D eigenvalue weighted by Gasteiger charge is 2.20. The van der Waals surface area contributed by atoms with E-state index in [1.165, 1.54) is 11.3 Å². The Bertz CT molecular complexity index is 614. The molecule has 2 aromatic rings. The van der Waals surface area contributed by atoms with Gasteiger partial charge in [0.2, 0.25) is 10.0 Å². The van der Waals surface area contributed by atoms with Gasteiger partial charge in [0.1, 0.15) is 9.97 Å². The van der Waals surface area contributed by atoms with Gasteiger partial charge in [-0.05, 0) is 37.6 Å². The van der Waals surface area contributed by atoms with Crippen LogP contribution in [-0.2, 0) is 22.9 Å². The van der Waals surface area contributed by atoms with Crippen molar-refractivity contribution in [1.82, 2.24) is 4.72 Å². The molecule has 0 amide bonds. The minimum absolute atomic E-state index is 0.205. The van der Waals surface area contributed by atoms with E-state index in [0.29, 0.717) is 10.6 Å². The van der Waals surface area contributed by atoms with Crippen LogP contribution in [0, 0.1) is 0 Å². The van der Waals surface area contributed by atoms with Crippen LogP contribution in [0.25, 0.3) is 0 Å². The van der Waals surface area contributed by atoms with Gasteiger partial charge in [-0.1, -0.05) is 6.92 Å². The van der Waals surface area contributed by atoms with Crippen LogP contribution in [0.5, 0.6) is 0 Å². The van der Waals surface area contributed by atoms with Gasteiger partial charge in [0, 0.05) is 17.3 Å². The molecule has 0 aliphatic carbocycles. The summed E-state index contributed by atoms with van der Waals surface area (Å²) in [6, 6.07) is 6.94. The topological polar surface area (TPSA) is 59.3 Å². The Labute approximate surface area is 117 Å². The van der Waals surface area contributed by atoms with Crippen molar-refractivity contribution in [3.05, 3.63) is 41.2 Å². The number of furan rings is 1. The van der Waals surface area contributed by atoms with Crippen molar-refractivity contribution < 1.29 is 12.8 Å². The van der Waals surface area contributed by atoms with E-state index in [2.05, 4.69) is 4.72 Å². The van der Waals surface area contributed by atoms with Crippen LogP contribution < -0.4 is 4.72 Å². The van der Waals surface area contributed by atoms with Crippen molar-refractivity contribution in [2.45, 2.75) is 36.9 Å². The maximum atomic E-state index is 12.2. The maximum Gasteiger partial charge on any atom is 0.250 e. The molecule has 6 heteroatoms. The SMILES string of the molecule is CCc1ccc(S(=O)(=O)NC(C)Cc2ccco2)s1. The molecular formula is C13H17NO3S2. The third-order valence-corrected chi connectivity index (χ3v) is 6.01. The second kappa shape index (κ2) is 5.90. The fourth-order valence-corrected chi connectivity index (χ4v) is 4.34. The van der Waals surface area contributed by atoms with Gasteiger partial charge >= 0.3 is 0 Å². The molecule has 0 aromatic carbocycles. The lowest BCUT2D eigenvalue weighted by atomic mass is 10.2. The van der Waals surface area contributed by atoms with Gasteiger partial charge in [-0.15, -0.1) is 11.3 Å². The molecule has 2 heterocycles. The maximum absolute atomic E-state index is 12.2. The average molecular weight is 299 g/mol. The predicted octanol–water partition coefficient (Wildman–Crippen LogP) is 2.81. The molecule has 0 bridgehead atoms. The fourth-order valence-electron chi connectivity index (χ4n) is 1.79. The molecule has 0 aliphatic heterocycles. The van der Waals surface area contributed by atoms with E-state index in [4.69, 9.17) is 4.42 Å². The highest BCUT2D eigenvalue weighted by Crippen LogP contribution is 2.22. The number of nitrogens with one attached hydrogen (secondary N) is 1. The number of hydrogen-bond acceptors (Lipinski definition) is 4. The monoisotopic (exact) mass is 299 g/mol. The van der Waals surface area contributed by atoms with Crippen LogP contribution in [0.1, 0.15) is 24.5 Å². The average Bonchev–Trinajstić information content (AvgIpc) is 2.97. The summed E-state index contributed by atoms with van der Waals surface area (Å²) in [6.45, 7) is 3.84. The lowest BCUT2D eigenvalue weighted by Gasteiger charge is -2.11. The molecule has 4 nitrogen and oxygen atoms in total. The molecule has 0 spiro atoms. The first-order valence-electron chi connectivity index (χ1n) is 6.14. The van der Waals surface area contributed by atoms with Gasteiger partial charge in [0.15, 0.2) is 0 Å². The lowest BCUT2D eigenvalue weighted by Crippen LogP contribution is -2.33. The highest BCUT2D eigenvalue weighted by molar-refractivity contribution is 7.91. The molecule has 2 rings (SSSR count). The zero-order valence-electron chi connectivity index (χ0n) is 10.9. The van der Waals surface area contributed by atoms with E-state index in [-0.39, 0.29) is 6.04 Å². The number of thiophene rings is 1. The summed E-state index contributed by atoms with van der Waals surface area (Å²) in [6.07, 6.45) is 2.98. The second-order valence-corrected chi connectivity index (χ2v) is 7.49. The Morgan fingerprint density at radius 3 is 2.74 bits per heavy atom. The molecule has 1 N–H and O–H groups in total. The highest BCUT2D eigenvalue weighted by atomic mass is 32.2. The van der Waals surface area contributed by atoms with E-state index in [1.807, 2.05) is 26.0 Å². The Morgan fingerprint density at radius 1 is 1.37 bits per heavy atom. The number of rotatable bonds is 6. The number of hydrogen-bond donors (Lipinski definition) is 1. The first kappa shape index (κ1) is 14.3. The van der Waals surface area contributed by atoms with Crippen molar-refractivity contribution in [3.8, 4) is 0 Å². The molecule has 104 valence electrons. The van der Waals surface area contributed by atoms with Gasteiger partial charge in [-0.2, -0.15) is 0 Å². The van der Waals surface area contributed by atoms with Crippen molar-refractivity contribution >= 4 is 21.4 Å². The van der Waals surface area contributed by atoms with E-state index in [9.17, 15) is 8.42 Å².